The van der Waals surface area contributed by atoms with E-state index >= 15 is 4.39 Å². The molecule has 1 aromatic heterocycles. The number of halogens is 2. The number of nitro benzene ring substituents is 1. The lowest BCUT2D eigenvalue weighted by Gasteiger charge is -2.35. The van der Waals surface area contributed by atoms with Gasteiger partial charge in [-0.3, -0.25) is 14.9 Å². The molecule has 0 saturated heterocycles. The minimum Gasteiger partial charge on any atom is -0.484 e. The Hall–Kier alpha value is -3.05. The van der Waals surface area contributed by atoms with Crippen molar-refractivity contribution in [2.75, 3.05) is 31.0 Å². The molecule has 0 fully saturated rings. The lowest BCUT2D eigenvalue weighted by molar-refractivity contribution is -0.386. The number of fused-ring (bicyclic) bond motifs is 4. The van der Waals surface area contributed by atoms with E-state index in [-0.39, 0.29) is 37.3 Å². The zero-order valence-corrected chi connectivity index (χ0v) is 20.5. The van der Waals surface area contributed by atoms with E-state index in [1.165, 1.54) is 13.2 Å². The van der Waals surface area contributed by atoms with Crippen molar-refractivity contribution in [3.8, 4) is 5.75 Å². The molecule has 1 unspecified atom stereocenters. The van der Waals surface area contributed by atoms with E-state index in [0.29, 0.717) is 33.4 Å². The number of hydrogen-bond donors (Lipinski definition) is 0. The zero-order chi connectivity index (χ0) is 24.7. The van der Waals surface area contributed by atoms with Gasteiger partial charge in [0.2, 0.25) is 5.75 Å². The molecule has 0 aliphatic carbocycles. The van der Waals surface area contributed by atoms with Crippen molar-refractivity contribution in [1.29, 1.82) is 0 Å². The lowest BCUT2D eigenvalue weighted by Crippen LogP contribution is -2.30. The Balaban J connectivity index is 1.97. The molecule has 0 radical (unpaired) electrons. The summed E-state index contributed by atoms with van der Waals surface area (Å²) in [5.74, 6) is -1.24. The molecule has 4 rings (SSSR count). The normalized spacial score (nSPS) is 16.3. The van der Waals surface area contributed by atoms with Crippen molar-refractivity contribution in [2.45, 2.75) is 32.5 Å². The Morgan fingerprint density at radius 3 is 2.74 bits per heavy atom. The van der Waals surface area contributed by atoms with E-state index in [2.05, 4.69) is 15.9 Å². The summed E-state index contributed by atoms with van der Waals surface area (Å²) in [6.07, 6.45) is 0.788. The third-order valence-corrected chi connectivity index (χ3v) is 6.70. The number of carbonyl (C=O) groups is 1. The van der Waals surface area contributed by atoms with Crippen LogP contribution in [0.4, 0.5) is 15.8 Å². The van der Waals surface area contributed by atoms with Gasteiger partial charge in [-0.1, -0.05) is 15.9 Å². The van der Waals surface area contributed by atoms with Crippen LogP contribution in [0, 0.1) is 15.9 Å². The molecule has 11 heteroatoms. The molecule has 180 valence electrons. The van der Waals surface area contributed by atoms with Crippen LogP contribution >= 0.6 is 15.9 Å². The van der Waals surface area contributed by atoms with Crippen molar-refractivity contribution in [2.24, 2.45) is 0 Å². The monoisotopic (exact) mass is 535 g/mol. The average molecular weight is 536 g/mol. The van der Waals surface area contributed by atoms with Crippen LogP contribution in [0.25, 0.3) is 5.57 Å². The predicted molar refractivity (Wildman–Crippen MR) is 127 cm³/mol. The standard InChI is InChI=1S/C23H23BrFN3O6/c1-12-14-10-27-18(8-13(4-6-29)15(11-33-3)23(27)30)20(14)26(2)17-9-16(25)22(34-7-5-24)21(19(12)17)28(31)32/h6,8-9,20H,4-5,7,10-11H2,1-3H3. The smallest absolute Gasteiger partial charge is 0.323 e. The topological polar surface area (TPSA) is 104 Å². The van der Waals surface area contributed by atoms with Gasteiger partial charge in [-0.05, 0) is 29.7 Å². The number of nitro groups is 1. The minimum absolute atomic E-state index is 0.0567. The molecule has 0 N–H and O–H groups in total. The van der Waals surface area contributed by atoms with Crippen LogP contribution in [-0.4, -0.2) is 41.9 Å². The number of pyridine rings is 1. The zero-order valence-electron chi connectivity index (χ0n) is 18.9. The second kappa shape index (κ2) is 9.30. The van der Waals surface area contributed by atoms with Crippen LogP contribution in [0.15, 0.2) is 22.5 Å². The van der Waals surface area contributed by atoms with Gasteiger partial charge in [-0.25, -0.2) is 4.39 Å². The van der Waals surface area contributed by atoms with E-state index in [4.69, 9.17) is 9.47 Å². The van der Waals surface area contributed by atoms with Crippen molar-refractivity contribution >= 4 is 39.2 Å². The molecule has 3 heterocycles. The summed E-state index contributed by atoms with van der Waals surface area (Å²) in [5.41, 5.74) is 2.91. The Labute approximate surface area is 203 Å². The first-order valence-corrected chi connectivity index (χ1v) is 11.7. The predicted octanol–water partition coefficient (Wildman–Crippen LogP) is 3.54. The van der Waals surface area contributed by atoms with Crippen molar-refractivity contribution in [3.05, 3.63) is 66.4 Å². The van der Waals surface area contributed by atoms with Gasteiger partial charge in [-0.15, -0.1) is 0 Å². The summed E-state index contributed by atoms with van der Waals surface area (Å²) in [5, 5.41) is 12.4. The fourth-order valence-electron chi connectivity index (χ4n) is 4.92. The summed E-state index contributed by atoms with van der Waals surface area (Å²) in [6, 6.07) is 2.60. The first-order chi connectivity index (χ1) is 16.3. The molecule has 0 saturated carbocycles. The van der Waals surface area contributed by atoms with E-state index in [1.807, 2.05) is 0 Å². The number of hydrogen-bond acceptors (Lipinski definition) is 7. The number of aromatic nitrogens is 1. The van der Waals surface area contributed by atoms with Gasteiger partial charge in [-0.2, -0.15) is 0 Å². The summed E-state index contributed by atoms with van der Waals surface area (Å²) in [4.78, 5) is 37.7. The Morgan fingerprint density at radius 1 is 1.38 bits per heavy atom. The molecule has 0 spiro atoms. The third-order valence-electron chi connectivity index (χ3n) is 6.37. The Morgan fingerprint density at radius 2 is 2.12 bits per heavy atom. The number of rotatable bonds is 8. The fourth-order valence-corrected chi connectivity index (χ4v) is 5.08. The molecular formula is C23H23BrFN3O6. The number of methoxy groups -OCH3 is 1. The molecule has 0 bridgehead atoms. The fraction of sp³-hybridized carbons (Fsp3) is 0.391. The second-order valence-electron chi connectivity index (χ2n) is 8.16. The highest BCUT2D eigenvalue weighted by molar-refractivity contribution is 9.09. The summed E-state index contributed by atoms with van der Waals surface area (Å²) >= 11 is 3.19. The number of nitrogens with zero attached hydrogens (tertiary/aromatic N) is 3. The maximum Gasteiger partial charge on any atom is 0.323 e. The van der Waals surface area contributed by atoms with E-state index in [1.54, 1.807) is 29.5 Å². The summed E-state index contributed by atoms with van der Waals surface area (Å²) < 4.78 is 27.2. The molecule has 2 aliphatic heterocycles. The first kappa shape index (κ1) is 24.1. The van der Waals surface area contributed by atoms with Gasteiger partial charge in [0.25, 0.3) is 5.56 Å². The van der Waals surface area contributed by atoms with Crippen molar-refractivity contribution < 1.29 is 23.6 Å². The Kier molecular flexibility index (Phi) is 6.59. The van der Waals surface area contributed by atoms with Crippen molar-refractivity contribution in [1.82, 2.24) is 4.57 Å². The summed E-state index contributed by atoms with van der Waals surface area (Å²) in [6.45, 7) is 2.09. The maximum atomic E-state index is 15.0. The first-order valence-electron chi connectivity index (χ1n) is 10.6. The van der Waals surface area contributed by atoms with Crippen LogP contribution in [0.2, 0.25) is 0 Å². The number of anilines is 1. The third kappa shape index (κ3) is 3.63. The van der Waals surface area contributed by atoms with Gasteiger partial charge in [0, 0.05) is 49.8 Å². The lowest BCUT2D eigenvalue weighted by atomic mass is 9.88. The second-order valence-corrected chi connectivity index (χ2v) is 8.95. The van der Waals surface area contributed by atoms with Gasteiger partial charge in [0.15, 0.2) is 5.82 Å². The number of carbonyl (C=O) groups excluding carboxylic acids is 1. The highest BCUT2D eigenvalue weighted by Gasteiger charge is 2.42. The molecular weight excluding hydrogens is 513 g/mol. The number of benzene rings is 1. The summed E-state index contributed by atoms with van der Waals surface area (Å²) in [7, 11) is 3.18. The maximum absolute atomic E-state index is 15.0. The van der Waals surface area contributed by atoms with Crippen LogP contribution in [0.5, 0.6) is 5.75 Å². The number of alkyl halides is 1. The Bertz CT molecular complexity index is 1290. The number of aldehydes is 1. The van der Waals surface area contributed by atoms with E-state index in [0.717, 1.165) is 11.9 Å². The molecule has 2 aromatic rings. The molecule has 1 aromatic carbocycles. The number of allylic oxidation sites excluding steroid dienone is 1. The molecule has 2 aliphatic rings. The van der Waals surface area contributed by atoms with Crippen molar-refractivity contribution in [3.63, 3.8) is 0 Å². The van der Waals surface area contributed by atoms with Crippen LogP contribution in [0.3, 0.4) is 0 Å². The minimum atomic E-state index is -0.832. The van der Waals surface area contributed by atoms with Gasteiger partial charge in [0.1, 0.15) is 6.29 Å². The molecule has 0 amide bonds. The van der Waals surface area contributed by atoms with E-state index in [9.17, 15) is 19.7 Å². The SMILES string of the molecule is COCc1c(CC=O)cc2n(c1=O)CC1=C(C)c3c(cc(F)c(OCCBr)c3[N+](=O)[O-])N(C)C12. The molecule has 1 atom stereocenters. The highest BCUT2D eigenvalue weighted by atomic mass is 79.9. The van der Waals surface area contributed by atoms with Gasteiger partial charge in [0.05, 0.1) is 35.4 Å². The van der Waals surface area contributed by atoms with Crippen LogP contribution < -0.4 is 15.2 Å². The number of likely N-dealkylation sites (N-methyl/N-ethyl adjacent to an activating group) is 1. The van der Waals surface area contributed by atoms with Crippen LogP contribution in [-0.2, 0) is 29.1 Å². The average Bonchev–Trinajstić information content (AvgIpc) is 3.18. The van der Waals surface area contributed by atoms with E-state index < -0.39 is 28.2 Å². The number of ether oxygens (including phenoxy) is 2. The van der Waals surface area contributed by atoms with Gasteiger partial charge < -0.3 is 23.7 Å². The molecule has 34 heavy (non-hydrogen) atoms. The quantitative estimate of drug-likeness (QED) is 0.220. The van der Waals surface area contributed by atoms with Gasteiger partial charge >= 0.3 is 5.69 Å². The highest BCUT2D eigenvalue weighted by Crippen LogP contribution is 2.53. The molecule has 9 nitrogen and oxygen atoms in total. The van der Waals surface area contributed by atoms with Crippen LogP contribution in [0.1, 0.15) is 35.3 Å². The largest absolute Gasteiger partial charge is 0.484 e.